The molecule has 0 aromatic carbocycles. The Morgan fingerprint density at radius 1 is 0.611 bits per heavy atom. The summed E-state index contributed by atoms with van der Waals surface area (Å²) in [5.74, 6) is 0.549. The first-order valence-electron chi connectivity index (χ1n) is 15.7. The fourth-order valence-corrected chi connectivity index (χ4v) is 4.43. The number of hydrogen-bond acceptors (Lipinski definition) is 4. The van der Waals surface area contributed by atoms with Gasteiger partial charge >= 0.3 is 5.97 Å². The Bertz CT molecular complexity index is 428. The highest BCUT2D eigenvalue weighted by atomic mass is 16.5. The molecular weight excluding hydrogens is 448 g/mol. The van der Waals surface area contributed by atoms with Gasteiger partial charge in [-0.15, -0.1) is 0 Å². The smallest absolute Gasteiger partial charge is 0.306 e. The number of aliphatic hydroxyl groups is 2. The minimum Gasteiger partial charge on any atom is -0.465 e. The average molecular weight is 515 g/mol. The standard InChI is InChI=1S/C30H60O2.C2H6O2/c1-6-8-10-12-14-16-17-19-21-23-25-28(26-29(31)32-27-30(3,4)5)24-22-20-18-15-13-11-9-7-2;3-1-2-4/h28H,6-27H2,1-5H3;3-4H,1-2H2. The van der Waals surface area contributed by atoms with Crippen LogP contribution in [-0.2, 0) is 9.53 Å². The summed E-state index contributed by atoms with van der Waals surface area (Å²) in [5.41, 5.74) is 0.0550. The number of esters is 1. The quantitative estimate of drug-likeness (QED) is 0.0994. The molecule has 0 amide bonds. The topological polar surface area (TPSA) is 66.8 Å². The second kappa shape index (κ2) is 29.0. The molecule has 36 heavy (non-hydrogen) atoms. The summed E-state index contributed by atoms with van der Waals surface area (Å²) in [7, 11) is 0. The Balaban J connectivity index is 0. The van der Waals surface area contributed by atoms with Gasteiger partial charge in [0.1, 0.15) is 0 Å². The van der Waals surface area contributed by atoms with Gasteiger partial charge in [0, 0.05) is 6.42 Å². The van der Waals surface area contributed by atoms with Crippen LogP contribution in [0.4, 0.5) is 0 Å². The lowest BCUT2D eigenvalue weighted by Gasteiger charge is -2.20. The Morgan fingerprint density at radius 2 is 0.944 bits per heavy atom. The molecular formula is C32H66O4. The third-order valence-corrected chi connectivity index (χ3v) is 6.65. The van der Waals surface area contributed by atoms with E-state index in [1.807, 2.05) is 0 Å². The van der Waals surface area contributed by atoms with Crippen LogP contribution in [0.1, 0.15) is 169 Å². The van der Waals surface area contributed by atoms with E-state index in [-0.39, 0.29) is 24.6 Å². The zero-order chi connectivity index (χ0) is 27.3. The Morgan fingerprint density at radius 3 is 1.25 bits per heavy atom. The van der Waals surface area contributed by atoms with E-state index in [9.17, 15) is 4.79 Å². The largest absolute Gasteiger partial charge is 0.465 e. The molecule has 1 atom stereocenters. The van der Waals surface area contributed by atoms with E-state index in [4.69, 9.17) is 14.9 Å². The van der Waals surface area contributed by atoms with Crippen LogP contribution in [0.3, 0.4) is 0 Å². The predicted molar refractivity (Wildman–Crippen MR) is 156 cm³/mol. The highest BCUT2D eigenvalue weighted by molar-refractivity contribution is 5.69. The van der Waals surface area contributed by atoms with Crippen LogP contribution >= 0.6 is 0 Å². The molecule has 4 nitrogen and oxygen atoms in total. The van der Waals surface area contributed by atoms with Crippen LogP contribution in [0.5, 0.6) is 0 Å². The molecule has 218 valence electrons. The van der Waals surface area contributed by atoms with Crippen molar-refractivity contribution in [2.45, 2.75) is 169 Å². The SMILES string of the molecule is CCCCCCCCCCCCC(CCCCCCCCCC)CC(=O)OCC(C)(C)C.OCCO. The van der Waals surface area contributed by atoms with E-state index in [0.717, 1.165) is 0 Å². The van der Waals surface area contributed by atoms with Crippen LogP contribution < -0.4 is 0 Å². The fraction of sp³-hybridized carbons (Fsp3) is 0.969. The van der Waals surface area contributed by atoms with Gasteiger partial charge in [-0.2, -0.15) is 0 Å². The summed E-state index contributed by atoms with van der Waals surface area (Å²) in [6.45, 7) is 11.2. The number of carbonyl (C=O) groups is 1. The molecule has 0 fully saturated rings. The van der Waals surface area contributed by atoms with Gasteiger partial charge in [-0.1, -0.05) is 150 Å². The van der Waals surface area contributed by atoms with Gasteiger partial charge in [-0.05, 0) is 24.2 Å². The van der Waals surface area contributed by atoms with Crippen LogP contribution in [0.25, 0.3) is 0 Å². The molecule has 0 aliphatic rings. The first-order chi connectivity index (χ1) is 17.3. The minimum atomic E-state index is -0.125. The van der Waals surface area contributed by atoms with Gasteiger partial charge in [0.2, 0.25) is 0 Å². The molecule has 0 aliphatic carbocycles. The monoisotopic (exact) mass is 514 g/mol. The van der Waals surface area contributed by atoms with Crippen molar-refractivity contribution in [1.82, 2.24) is 0 Å². The van der Waals surface area contributed by atoms with Crippen LogP contribution in [0.15, 0.2) is 0 Å². The molecule has 0 rings (SSSR count). The molecule has 0 saturated heterocycles. The van der Waals surface area contributed by atoms with Crippen LogP contribution in [0.2, 0.25) is 0 Å². The Kier molecular flexibility index (Phi) is 30.2. The maximum atomic E-state index is 12.4. The third kappa shape index (κ3) is 33.4. The molecule has 2 N–H and O–H groups in total. The summed E-state index contributed by atoms with van der Waals surface area (Å²) in [6.07, 6.45) is 27.7. The summed E-state index contributed by atoms with van der Waals surface area (Å²) in [4.78, 5) is 12.4. The molecule has 1 unspecified atom stereocenters. The van der Waals surface area contributed by atoms with Crippen LogP contribution in [0, 0.1) is 11.3 Å². The lowest BCUT2D eigenvalue weighted by Crippen LogP contribution is -2.20. The van der Waals surface area contributed by atoms with Gasteiger partial charge in [-0.25, -0.2) is 0 Å². The lowest BCUT2D eigenvalue weighted by molar-refractivity contribution is -0.147. The van der Waals surface area contributed by atoms with E-state index < -0.39 is 0 Å². The summed E-state index contributed by atoms with van der Waals surface area (Å²) in [5, 5.41) is 15.2. The van der Waals surface area contributed by atoms with Crippen LogP contribution in [-0.4, -0.2) is 36.0 Å². The van der Waals surface area contributed by atoms with Crippen molar-refractivity contribution in [3.05, 3.63) is 0 Å². The normalized spacial score (nSPS) is 12.2. The third-order valence-electron chi connectivity index (χ3n) is 6.65. The summed E-state index contributed by atoms with van der Waals surface area (Å²) in [6, 6.07) is 0. The van der Waals surface area contributed by atoms with Crippen molar-refractivity contribution in [1.29, 1.82) is 0 Å². The molecule has 0 aromatic rings. The van der Waals surface area contributed by atoms with Crippen molar-refractivity contribution in [3.8, 4) is 0 Å². The Hall–Kier alpha value is -0.610. The van der Waals surface area contributed by atoms with Gasteiger partial charge in [-0.3, -0.25) is 4.79 Å². The molecule has 0 aromatic heterocycles. The molecule has 0 bridgehead atoms. The molecule has 0 saturated carbocycles. The summed E-state index contributed by atoms with van der Waals surface area (Å²) < 4.78 is 5.58. The highest BCUT2D eigenvalue weighted by Gasteiger charge is 2.18. The van der Waals surface area contributed by atoms with Crippen molar-refractivity contribution in [2.75, 3.05) is 19.8 Å². The van der Waals surface area contributed by atoms with Crippen molar-refractivity contribution in [2.24, 2.45) is 11.3 Å². The number of carbonyl (C=O) groups excluding carboxylic acids is 1. The van der Waals surface area contributed by atoms with Crippen molar-refractivity contribution in [3.63, 3.8) is 0 Å². The predicted octanol–water partition coefficient (Wildman–Crippen LogP) is 9.39. The number of ether oxygens (including phenoxy) is 1. The lowest BCUT2D eigenvalue weighted by atomic mass is 9.91. The van der Waals surface area contributed by atoms with Gasteiger partial charge in [0.05, 0.1) is 19.8 Å². The van der Waals surface area contributed by atoms with E-state index in [1.54, 1.807) is 0 Å². The van der Waals surface area contributed by atoms with Gasteiger partial charge in [0.25, 0.3) is 0 Å². The fourth-order valence-electron chi connectivity index (χ4n) is 4.43. The van der Waals surface area contributed by atoms with E-state index >= 15 is 0 Å². The average Bonchev–Trinajstić information content (AvgIpc) is 2.85. The molecule has 0 spiro atoms. The first-order valence-corrected chi connectivity index (χ1v) is 15.7. The van der Waals surface area contributed by atoms with E-state index in [2.05, 4.69) is 34.6 Å². The molecule has 4 heteroatoms. The van der Waals surface area contributed by atoms with E-state index in [0.29, 0.717) is 18.9 Å². The Labute approximate surface area is 226 Å². The summed E-state index contributed by atoms with van der Waals surface area (Å²) >= 11 is 0. The number of rotatable bonds is 24. The van der Waals surface area contributed by atoms with Gasteiger partial charge < -0.3 is 14.9 Å². The molecule has 0 radical (unpaired) electrons. The molecule has 0 heterocycles. The maximum absolute atomic E-state index is 12.4. The first kappa shape index (κ1) is 37.5. The zero-order valence-electron chi connectivity index (χ0n) is 25.3. The minimum absolute atomic E-state index is 0.0246. The number of aliphatic hydroxyl groups excluding tert-OH is 2. The number of unbranched alkanes of at least 4 members (excludes halogenated alkanes) is 16. The van der Waals surface area contributed by atoms with Gasteiger partial charge in [0.15, 0.2) is 0 Å². The maximum Gasteiger partial charge on any atom is 0.306 e. The van der Waals surface area contributed by atoms with Crippen molar-refractivity contribution < 1.29 is 19.7 Å². The van der Waals surface area contributed by atoms with E-state index in [1.165, 1.54) is 128 Å². The van der Waals surface area contributed by atoms with Crippen molar-refractivity contribution >= 4 is 5.97 Å². The zero-order valence-corrected chi connectivity index (χ0v) is 25.3. The second-order valence-electron chi connectivity index (χ2n) is 12.0. The second-order valence-corrected chi connectivity index (χ2v) is 12.0. The molecule has 0 aliphatic heterocycles. The number of hydrogen-bond donors (Lipinski definition) is 2. The highest BCUT2D eigenvalue weighted by Crippen LogP contribution is 2.24.